The van der Waals surface area contributed by atoms with Gasteiger partial charge in [-0.1, -0.05) is 6.07 Å². The zero-order valence-electron chi connectivity index (χ0n) is 6.49. The molecular formula is C9H9N3. The van der Waals surface area contributed by atoms with Crippen LogP contribution in [0.25, 0.3) is 11.4 Å². The highest BCUT2D eigenvalue weighted by atomic mass is 14.8. The van der Waals surface area contributed by atoms with E-state index in [9.17, 15) is 0 Å². The van der Waals surface area contributed by atoms with Crippen LogP contribution in [0.4, 0.5) is 5.69 Å². The average molecular weight is 159 g/mol. The van der Waals surface area contributed by atoms with Gasteiger partial charge in [0.1, 0.15) is 0 Å². The second-order valence-electron chi connectivity index (χ2n) is 2.56. The molecule has 0 saturated heterocycles. The average Bonchev–Trinajstić information content (AvgIpc) is 2.54. The lowest BCUT2D eigenvalue weighted by atomic mass is 10.3. The van der Waals surface area contributed by atoms with Gasteiger partial charge in [-0.2, -0.15) is 0 Å². The number of aromatic amines is 1. The van der Waals surface area contributed by atoms with Crippen molar-refractivity contribution in [3.63, 3.8) is 0 Å². The molecule has 2 rings (SSSR count). The summed E-state index contributed by atoms with van der Waals surface area (Å²) in [5.41, 5.74) is 8.15. The summed E-state index contributed by atoms with van der Waals surface area (Å²) in [5, 5.41) is 0. The summed E-state index contributed by atoms with van der Waals surface area (Å²) in [5.74, 6) is 0. The maximum atomic E-state index is 5.56. The molecule has 3 heteroatoms. The summed E-state index contributed by atoms with van der Waals surface area (Å²) < 4.78 is 0. The standard InChI is InChI=1S/C9H9N3/c10-7-5-9(12-6-7)8-3-1-2-4-11-8/h1-6,12H,10H2. The van der Waals surface area contributed by atoms with Gasteiger partial charge >= 0.3 is 0 Å². The molecule has 0 unspecified atom stereocenters. The van der Waals surface area contributed by atoms with Gasteiger partial charge in [0, 0.05) is 18.1 Å². The maximum Gasteiger partial charge on any atom is 0.0865 e. The Morgan fingerprint density at radius 3 is 2.83 bits per heavy atom. The maximum absolute atomic E-state index is 5.56. The van der Waals surface area contributed by atoms with Crippen LogP contribution in [0.5, 0.6) is 0 Å². The van der Waals surface area contributed by atoms with Gasteiger partial charge in [-0.05, 0) is 18.2 Å². The van der Waals surface area contributed by atoms with Gasteiger partial charge in [-0.25, -0.2) is 0 Å². The number of nitrogens with zero attached hydrogens (tertiary/aromatic N) is 1. The molecule has 3 nitrogen and oxygen atoms in total. The van der Waals surface area contributed by atoms with Gasteiger partial charge in [-0.15, -0.1) is 0 Å². The minimum atomic E-state index is 0.732. The Kier molecular flexibility index (Phi) is 1.55. The first-order valence-corrected chi connectivity index (χ1v) is 3.71. The van der Waals surface area contributed by atoms with Crippen molar-refractivity contribution in [2.24, 2.45) is 0 Å². The van der Waals surface area contributed by atoms with Crippen molar-refractivity contribution in [3.8, 4) is 11.4 Å². The summed E-state index contributed by atoms with van der Waals surface area (Å²) in [6.45, 7) is 0. The lowest BCUT2D eigenvalue weighted by molar-refractivity contribution is 1.28. The number of nitrogen functional groups attached to an aromatic ring is 1. The zero-order valence-corrected chi connectivity index (χ0v) is 6.49. The van der Waals surface area contributed by atoms with E-state index < -0.39 is 0 Å². The summed E-state index contributed by atoms with van der Waals surface area (Å²) in [6.07, 6.45) is 3.51. The van der Waals surface area contributed by atoms with E-state index >= 15 is 0 Å². The number of rotatable bonds is 1. The minimum absolute atomic E-state index is 0.732. The molecule has 0 amide bonds. The molecule has 2 aromatic rings. The lowest BCUT2D eigenvalue weighted by Crippen LogP contribution is -1.80. The molecule has 0 spiro atoms. The number of anilines is 1. The highest BCUT2D eigenvalue weighted by Crippen LogP contribution is 2.16. The Hall–Kier alpha value is -1.77. The van der Waals surface area contributed by atoms with Crippen molar-refractivity contribution in [1.29, 1.82) is 0 Å². The van der Waals surface area contributed by atoms with Gasteiger partial charge in [0.15, 0.2) is 0 Å². The molecular weight excluding hydrogens is 150 g/mol. The number of nitrogens with one attached hydrogen (secondary N) is 1. The molecule has 60 valence electrons. The van der Waals surface area contributed by atoms with Crippen molar-refractivity contribution >= 4 is 5.69 Å². The van der Waals surface area contributed by atoms with Gasteiger partial charge < -0.3 is 10.7 Å². The first kappa shape index (κ1) is 6.91. The summed E-state index contributed by atoms with van der Waals surface area (Å²) in [6, 6.07) is 7.63. The third-order valence-electron chi connectivity index (χ3n) is 1.65. The van der Waals surface area contributed by atoms with Crippen molar-refractivity contribution in [2.45, 2.75) is 0 Å². The second kappa shape index (κ2) is 2.70. The molecule has 0 atom stereocenters. The molecule has 0 aromatic carbocycles. The molecule has 2 heterocycles. The Balaban J connectivity index is 2.45. The van der Waals surface area contributed by atoms with Crippen LogP contribution >= 0.6 is 0 Å². The van der Waals surface area contributed by atoms with Crippen molar-refractivity contribution in [3.05, 3.63) is 36.7 Å². The predicted octanol–water partition coefficient (Wildman–Crippen LogP) is 1.66. The van der Waals surface area contributed by atoms with Crippen molar-refractivity contribution in [2.75, 3.05) is 5.73 Å². The van der Waals surface area contributed by atoms with Crippen LogP contribution in [0, 0.1) is 0 Å². The molecule has 0 fully saturated rings. The van der Waals surface area contributed by atoms with E-state index in [4.69, 9.17) is 5.73 Å². The van der Waals surface area contributed by atoms with E-state index in [-0.39, 0.29) is 0 Å². The van der Waals surface area contributed by atoms with E-state index in [0.29, 0.717) is 0 Å². The summed E-state index contributed by atoms with van der Waals surface area (Å²) in [4.78, 5) is 7.21. The highest BCUT2D eigenvalue weighted by molar-refractivity contribution is 5.60. The van der Waals surface area contributed by atoms with Crippen LogP contribution in [0.15, 0.2) is 36.7 Å². The van der Waals surface area contributed by atoms with Crippen LogP contribution in [0.1, 0.15) is 0 Å². The molecule has 3 N–H and O–H groups in total. The fourth-order valence-electron chi connectivity index (χ4n) is 1.08. The first-order chi connectivity index (χ1) is 5.86. The third kappa shape index (κ3) is 1.16. The number of hydrogen-bond donors (Lipinski definition) is 2. The Morgan fingerprint density at radius 2 is 2.25 bits per heavy atom. The van der Waals surface area contributed by atoms with Gasteiger partial charge in [-0.3, -0.25) is 4.98 Å². The van der Waals surface area contributed by atoms with E-state index in [1.54, 1.807) is 12.4 Å². The first-order valence-electron chi connectivity index (χ1n) is 3.71. The van der Waals surface area contributed by atoms with E-state index in [0.717, 1.165) is 17.1 Å². The Morgan fingerprint density at radius 1 is 1.33 bits per heavy atom. The molecule has 0 aliphatic carbocycles. The Bertz CT molecular complexity index is 364. The Labute approximate surface area is 70.3 Å². The molecule has 0 aliphatic rings. The zero-order chi connectivity index (χ0) is 8.39. The lowest BCUT2D eigenvalue weighted by Gasteiger charge is -1.93. The fraction of sp³-hybridized carbons (Fsp3) is 0. The summed E-state index contributed by atoms with van der Waals surface area (Å²) in [7, 11) is 0. The van der Waals surface area contributed by atoms with Crippen LogP contribution in [0.3, 0.4) is 0 Å². The predicted molar refractivity (Wildman–Crippen MR) is 48.4 cm³/mol. The van der Waals surface area contributed by atoms with Crippen LogP contribution in [-0.4, -0.2) is 9.97 Å². The third-order valence-corrected chi connectivity index (χ3v) is 1.65. The van der Waals surface area contributed by atoms with Crippen LogP contribution in [0.2, 0.25) is 0 Å². The van der Waals surface area contributed by atoms with Crippen molar-refractivity contribution < 1.29 is 0 Å². The van der Waals surface area contributed by atoms with Gasteiger partial charge in [0.2, 0.25) is 0 Å². The van der Waals surface area contributed by atoms with E-state index in [1.165, 1.54) is 0 Å². The second-order valence-corrected chi connectivity index (χ2v) is 2.56. The molecule has 0 aliphatic heterocycles. The van der Waals surface area contributed by atoms with Gasteiger partial charge in [0.25, 0.3) is 0 Å². The minimum Gasteiger partial charge on any atom is -0.397 e. The molecule has 0 saturated carbocycles. The largest absolute Gasteiger partial charge is 0.397 e. The summed E-state index contributed by atoms with van der Waals surface area (Å²) >= 11 is 0. The number of H-pyrrole nitrogens is 1. The number of pyridine rings is 1. The van der Waals surface area contributed by atoms with Gasteiger partial charge in [0.05, 0.1) is 11.4 Å². The van der Waals surface area contributed by atoms with E-state index in [2.05, 4.69) is 9.97 Å². The number of nitrogens with two attached hydrogens (primary N) is 1. The topological polar surface area (TPSA) is 54.7 Å². The fourth-order valence-corrected chi connectivity index (χ4v) is 1.08. The molecule has 0 bridgehead atoms. The quantitative estimate of drug-likeness (QED) is 0.664. The molecule has 12 heavy (non-hydrogen) atoms. The SMILES string of the molecule is Nc1c[nH]c(-c2ccccn2)c1. The highest BCUT2D eigenvalue weighted by Gasteiger charge is 1.98. The normalized spacial score (nSPS) is 10.0. The molecule has 0 radical (unpaired) electrons. The monoisotopic (exact) mass is 159 g/mol. The van der Waals surface area contributed by atoms with Crippen LogP contribution < -0.4 is 5.73 Å². The number of aromatic nitrogens is 2. The number of hydrogen-bond acceptors (Lipinski definition) is 2. The van der Waals surface area contributed by atoms with Crippen LogP contribution in [-0.2, 0) is 0 Å². The van der Waals surface area contributed by atoms with E-state index in [1.807, 2.05) is 24.3 Å². The molecule has 2 aromatic heterocycles. The smallest absolute Gasteiger partial charge is 0.0865 e. The van der Waals surface area contributed by atoms with Crippen molar-refractivity contribution in [1.82, 2.24) is 9.97 Å².